The molecule has 0 aromatic rings. The van der Waals surface area contributed by atoms with Crippen LogP contribution in [0.25, 0.3) is 0 Å². The van der Waals surface area contributed by atoms with Gasteiger partial charge in [-0.15, -0.1) is 0 Å². The minimum atomic E-state index is -0.375. The summed E-state index contributed by atoms with van der Waals surface area (Å²) in [6, 6.07) is 0.160. The molecule has 4 heteroatoms. The van der Waals surface area contributed by atoms with Crippen molar-refractivity contribution >= 4 is 5.91 Å². The van der Waals surface area contributed by atoms with E-state index in [1.807, 2.05) is 20.8 Å². The van der Waals surface area contributed by atoms with Gasteiger partial charge in [0.2, 0.25) is 5.91 Å². The summed E-state index contributed by atoms with van der Waals surface area (Å²) in [5.41, 5.74) is 5.68. The molecule has 0 spiro atoms. The molecule has 1 amide bonds. The number of amides is 1. The molecular formula is C12H24N2O2. The monoisotopic (exact) mass is 228 g/mol. The maximum Gasteiger partial charge on any atom is 0.249 e. The fourth-order valence-electron chi connectivity index (χ4n) is 2.18. The molecule has 3 N–H and O–H groups in total. The van der Waals surface area contributed by atoms with Crippen LogP contribution < -0.4 is 11.1 Å². The molecule has 0 aliphatic heterocycles. The zero-order chi connectivity index (χ0) is 12.1. The summed E-state index contributed by atoms with van der Waals surface area (Å²) in [6.07, 6.45) is 3.10. The van der Waals surface area contributed by atoms with E-state index in [-0.39, 0.29) is 24.2 Å². The van der Waals surface area contributed by atoms with E-state index >= 15 is 0 Å². The Morgan fingerprint density at radius 1 is 1.44 bits per heavy atom. The summed E-state index contributed by atoms with van der Waals surface area (Å²) < 4.78 is 5.79. The van der Waals surface area contributed by atoms with Gasteiger partial charge in [0.25, 0.3) is 0 Å². The number of rotatable bonds is 5. The SMILES string of the molecule is CC(C)NC(=O)C(C)OC1CCCC1CN. The maximum atomic E-state index is 11.7. The number of ether oxygens (including phenoxy) is 1. The van der Waals surface area contributed by atoms with Crippen LogP contribution in [0.3, 0.4) is 0 Å². The molecular weight excluding hydrogens is 204 g/mol. The Morgan fingerprint density at radius 2 is 2.12 bits per heavy atom. The zero-order valence-corrected chi connectivity index (χ0v) is 10.5. The molecule has 0 heterocycles. The molecule has 1 aliphatic carbocycles. The van der Waals surface area contributed by atoms with Crippen molar-refractivity contribution in [3.05, 3.63) is 0 Å². The standard InChI is InChI=1S/C12H24N2O2/c1-8(2)14-12(15)9(3)16-11-6-4-5-10(11)7-13/h8-11H,4-7,13H2,1-3H3,(H,14,15). The van der Waals surface area contributed by atoms with Crippen LogP contribution >= 0.6 is 0 Å². The van der Waals surface area contributed by atoms with Crippen molar-refractivity contribution in [2.75, 3.05) is 6.54 Å². The molecule has 0 radical (unpaired) electrons. The molecule has 1 saturated carbocycles. The van der Waals surface area contributed by atoms with Crippen LogP contribution in [0.5, 0.6) is 0 Å². The van der Waals surface area contributed by atoms with E-state index in [1.54, 1.807) is 0 Å². The van der Waals surface area contributed by atoms with Gasteiger partial charge >= 0.3 is 0 Å². The first-order valence-electron chi connectivity index (χ1n) is 6.20. The predicted octanol–water partition coefficient (Wildman–Crippen LogP) is 1.04. The Balaban J connectivity index is 2.38. The van der Waals surface area contributed by atoms with E-state index in [2.05, 4.69) is 5.32 Å². The largest absolute Gasteiger partial charge is 0.365 e. The van der Waals surface area contributed by atoms with Crippen LogP contribution in [0.2, 0.25) is 0 Å². The molecule has 4 nitrogen and oxygen atoms in total. The molecule has 16 heavy (non-hydrogen) atoms. The molecule has 0 aromatic carbocycles. The topological polar surface area (TPSA) is 64.3 Å². The first-order valence-corrected chi connectivity index (χ1v) is 6.20. The first kappa shape index (κ1) is 13.5. The fraction of sp³-hybridized carbons (Fsp3) is 0.917. The van der Waals surface area contributed by atoms with Crippen molar-refractivity contribution in [3.8, 4) is 0 Å². The fourth-order valence-corrected chi connectivity index (χ4v) is 2.18. The number of hydrogen-bond donors (Lipinski definition) is 2. The Kier molecular flexibility index (Phi) is 5.22. The summed E-state index contributed by atoms with van der Waals surface area (Å²) in [6.45, 7) is 6.36. The summed E-state index contributed by atoms with van der Waals surface area (Å²) in [5.74, 6) is 0.395. The highest BCUT2D eigenvalue weighted by molar-refractivity contribution is 5.80. The van der Waals surface area contributed by atoms with E-state index in [1.165, 1.54) is 0 Å². The highest BCUT2D eigenvalue weighted by atomic mass is 16.5. The average molecular weight is 228 g/mol. The highest BCUT2D eigenvalue weighted by Crippen LogP contribution is 2.28. The first-order chi connectivity index (χ1) is 7.54. The quantitative estimate of drug-likeness (QED) is 0.739. The number of nitrogens with one attached hydrogen (secondary N) is 1. The molecule has 3 unspecified atom stereocenters. The van der Waals surface area contributed by atoms with Gasteiger partial charge in [-0.2, -0.15) is 0 Å². The smallest absolute Gasteiger partial charge is 0.249 e. The third-order valence-electron chi connectivity index (χ3n) is 3.07. The minimum Gasteiger partial charge on any atom is -0.365 e. The van der Waals surface area contributed by atoms with Crippen LogP contribution in [0.15, 0.2) is 0 Å². The second-order valence-corrected chi connectivity index (χ2v) is 4.91. The van der Waals surface area contributed by atoms with Crippen molar-refractivity contribution in [1.29, 1.82) is 0 Å². The molecule has 1 fully saturated rings. The van der Waals surface area contributed by atoms with Gasteiger partial charge in [0.05, 0.1) is 6.10 Å². The third kappa shape index (κ3) is 3.76. The van der Waals surface area contributed by atoms with Gasteiger partial charge in [0, 0.05) is 6.04 Å². The zero-order valence-electron chi connectivity index (χ0n) is 10.5. The van der Waals surface area contributed by atoms with Crippen molar-refractivity contribution in [2.45, 2.75) is 58.3 Å². The lowest BCUT2D eigenvalue weighted by molar-refractivity contribution is -0.137. The third-order valence-corrected chi connectivity index (χ3v) is 3.07. The van der Waals surface area contributed by atoms with Gasteiger partial charge in [0.15, 0.2) is 0 Å². The van der Waals surface area contributed by atoms with Crippen molar-refractivity contribution in [1.82, 2.24) is 5.32 Å². The molecule has 94 valence electrons. The van der Waals surface area contributed by atoms with Gasteiger partial charge in [-0.1, -0.05) is 6.42 Å². The summed E-state index contributed by atoms with van der Waals surface area (Å²) in [7, 11) is 0. The molecule has 1 aliphatic rings. The van der Waals surface area contributed by atoms with E-state index in [9.17, 15) is 4.79 Å². The van der Waals surface area contributed by atoms with Gasteiger partial charge in [0.1, 0.15) is 6.10 Å². The molecule has 1 rings (SSSR count). The van der Waals surface area contributed by atoms with Crippen LogP contribution in [0.1, 0.15) is 40.0 Å². The van der Waals surface area contributed by atoms with Crippen LogP contribution in [-0.4, -0.2) is 30.7 Å². The summed E-state index contributed by atoms with van der Waals surface area (Å²) >= 11 is 0. The van der Waals surface area contributed by atoms with Crippen molar-refractivity contribution < 1.29 is 9.53 Å². The Bertz CT molecular complexity index is 231. The lowest BCUT2D eigenvalue weighted by Gasteiger charge is -2.23. The summed E-state index contributed by atoms with van der Waals surface area (Å²) in [4.78, 5) is 11.7. The van der Waals surface area contributed by atoms with Crippen LogP contribution in [0, 0.1) is 5.92 Å². The average Bonchev–Trinajstić information content (AvgIpc) is 2.64. The Morgan fingerprint density at radius 3 is 2.69 bits per heavy atom. The number of hydrogen-bond acceptors (Lipinski definition) is 3. The molecule has 0 aromatic heterocycles. The van der Waals surface area contributed by atoms with Crippen LogP contribution in [0.4, 0.5) is 0 Å². The minimum absolute atomic E-state index is 0.0299. The van der Waals surface area contributed by atoms with Crippen molar-refractivity contribution in [2.24, 2.45) is 11.7 Å². The summed E-state index contributed by atoms with van der Waals surface area (Å²) in [5, 5.41) is 2.85. The Hall–Kier alpha value is -0.610. The second kappa shape index (κ2) is 6.21. The van der Waals surface area contributed by atoms with Gasteiger partial charge in [-0.25, -0.2) is 0 Å². The number of nitrogens with two attached hydrogens (primary N) is 1. The van der Waals surface area contributed by atoms with Gasteiger partial charge < -0.3 is 15.8 Å². The number of carbonyl (C=O) groups is 1. The lowest BCUT2D eigenvalue weighted by atomic mass is 10.1. The Labute approximate surface area is 97.9 Å². The van der Waals surface area contributed by atoms with Crippen molar-refractivity contribution in [3.63, 3.8) is 0 Å². The van der Waals surface area contributed by atoms with Gasteiger partial charge in [-0.05, 0) is 46.1 Å². The molecule has 3 atom stereocenters. The number of carbonyl (C=O) groups excluding carboxylic acids is 1. The predicted molar refractivity (Wildman–Crippen MR) is 64.0 cm³/mol. The molecule has 0 saturated heterocycles. The lowest BCUT2D eigenvalue weighted by Crippen LogP contribution is -2.41. The normalized spacial score (nSPS) is 27.1. The highest BCUT2D eigenvalue weighted by Gasteiger charge is 2.29. The van der Waals surface area contributed by atoms with E-state index in [4.69, 9.17) is 10.5 Å². The van der Waals surface area contributed by atoms with Gasteiger partial charge in [-0.3, -0.25) is 4.79 Å². The van der Waals surface area contributed by atoms with E-state index in [0.717, 1.165) is 19.3 Å². The van der Waals surface area contributed by atoms with E-state index in [0.29, 0.717) is 12.5 Å². The second-order valence-electron chi connectivity index (χ2n) is 4.91. The maximum absolute atomic E-state index is 11.7. The van der Waals surface area contributed by atoms with E-state index < -0.39 is 0 Å². The molecule has 0 bridgehead atoms. The van der Waals surface area contributed by atoms with Crippen LogP contribution in [-0.2, 0) is 9.53 Å².